The Morgan fingerprint density at radius 1 is 0.504 bits per heavy atom. The van der Waals surface area contributed by atoms with Crippen LogP contribution < -0.4 is 74.4 Å². The van der Waals surface area contributed by atoms with Crippen LogP contribution in [0.5, 0.6) is 0 Å². The highest BCUT2D eigenvalue weighted by atomic mass is 16.6. The van der Waals surface area contributed by atoms with Gasteiger partial charge in [0.1, 0.15) is 88.4 Å². The summed E-state index contributed by atoms with van der Waals surface area (Å²) in [5.74, 6) is -13.3. The standard InChI is InChI=1S/C82H136N16O25/c1-22-26-47(4)118-60(102)30-29-59(101)98-42-41-97(77(117)123-82(19,20)21)45-58(98)70(110)96-62(49(6)100)72(112)92-54(34-39-86-75(115)121-80(13,14)15)65(105)88-51-31-36-83-71(111)61(48(5)99)95-67(107)55(35-40-87-76(116)122-81(16,17)18)90-64(104)52(32-37-84-73(113)119-78(7,8)9)91-68(108)56(43-46(2)3)93-69(109)57(44-50-27-24-23-25-28-50)94-66(106)53(89-63(51)103)33-38-85-74(114)120-79(10,11)12/h23-25,27-28,46-49,51-58,61-62,99-100H,22,26,29-45H2,1-21H3,(H,83,111)(H,84,113)(H,85,114)(H,86,115)(H,87,116)(H,88,105)(H,89,103)(H,90,104)(H,91,108)(H,92,112)(H,93,109)(H,94,106)(H,95,107)(H,96,110)/t47?,48?,49?,51-,52-,53-,54-,55-,56-,57+,58?,61-,62-/m0/s1. The number of piperazine rings is 1. The number of nitrogens with zero attached hydrogens (tertiary/aromatic N) is 2. The second-order valence-corrected chi connectivity index (χ2v) is 35.8. The molecule has 16 N–H and O–H groups in total. The zero-order chi connectivity index (χ0) is 93.2. The van der Waals surface area contributed by atoms with Crippen LogP contribution in [-0.4, -0.2) is 281 Å². The summed E-state index contributed by atoms with van der Waals surface area (Å²) in [6.07, 6.45) is -11.5. The van der Waals surface area contributed by atoms with E-state index in [1.807, 2.05) is 6.92 Å². The monoisotopic (exact) mass is 1740 g/mol. The second-order valence-electron chi connectivity index (χ2n) is 35.8. The van der Waals surface area contributed by atoms with Crippen LogP contribution in [0, 0.1) is 5.92 Å². The molecule has 2 heterocycles. The van der Waals surface area contributed by atoms with Gasteiger partial charge in [0.15, 0.2) is 0 Å². The summed E-state index contributed by atoms with van der Waals surface area (Å²) in [4.78, 5) is 245. The average molecular weight is 1750 g/mol. The molecule has 0 aliphatic carbocycles. The number of hydrogen-bond donors (Lipinski definition) is 16. The first-order chi connectivity index (χ1) is 56.9. The highest BCUT2D eigenvalue weighted by Crippen LogP contribution is 2.21. The molecule has 0 spiro atoms. The van der Waals surface area contributed by atoms with Gasteiger partial charge >= 0.3 is 36.4 Å². The van der Waals surface area contributed by atoms with Crippen molar-refractivity contribution < 1.29 is 120 Å². The summed E-state index contributed by atoms with van der Waals surface area (Å²) in [5.41, 5.74) is -4.66. The molecule has 0 radical (unpaired) electrons. The minimum atomic E-state index is -2.03. The molecule has 1 aromatic carbocycles. The molecule has 123 heavy (non-hydrogen) atoms. The Kier molecular flexibility index (Phi) is 42.7. The molecule has 694 valence electrons. The lowest BCUT2D eigenvalue weighted by Crippen LogP contribution is -2.65. The summed E-state index contributed by atoms with van der Waals surface area (Å²) >= 11 is 0. The first-order valence-electron chi connectivity index (χ1n) is 41.7. The van der Waals surface area contributed by atoms with Crippen LogP contribution in [0.15, 0.2) is 30.3 Å². The normalized spacial score (nSPS) is 20.9. The summed E-state index contributed by atoms with van der Waals surface area (Å²) in [6, 6.07) is -9.74. The van der Waals surface area contributed by atoms with Crippen molar-refractivity contribution in [3.8, 4) is 0 Å². The van der Waals surface area contributed by atoms with Crippen LogP contribution in [0.3, 0.4) is 0 Å². The topological polar surface area (TPSA) is 561 Å². The summed E-state index contributed by atoms with van der Waals surface area (Å²) in [6.45, 7) is 29.6. The van der Waals surface area contributed by atoms with Gasteiger partial charge in [0.25, 0.3) is 0 Å². The van der Waals surface area contributed by atoms with Gasteiger partial charge in [0.05, 0.1) is 31.3 Å². The van der Waals surface area contributed by atoms with Gasteiger partial charge in [-0.3, -0.25) is 57.5 Å². The number of alkyl carbamates (subject to hydrolysis) is 4. The highest BCUT2D eigenvalue weighted by molar-refractivity contribution is 6.00. The molecule has 0 saturated carbocycles. The molecule has 13 atom stereocenters. The van der Waals surface area contributed by atoms with Gasteiger partial charge in [-0.1, -0.05) is 57.5 Å². The van der Waals surface area contributed by atoms with Gasteiger partial charge < -0.3 is 123 Å². The third-order valence-corrected chi connectivity index (χ3v) is 17.9. The van der Waals surface area contributed by atoms with Crippen LogP contribution in [0.4, 0.5) is 24.0 Å². The fourth-order valence-corrected chi connectivity index (χ4v) is 12.2. The Labute approximate surface area is 719 Å². The molecule has 4 unspecified atom stereocenters. The maximum absolute atomic E-state index is 15.5. The molecule has 1 aromatic rings. The number of carbonyl (C=O) groups excluding carboxylic acids is 17. The van der Waals surface area contributed by atoms with Crippen molar-refractivity contribution in [3.05, 3.63) is 35.9 Å². The quantitative estimate of drug-likeness (QED) is 0.0384. The molecule has 2 aliphatic rings. The lowest BCUT2D eigenvalue weighted by molar-refractivity contribution is -0.152. The number of benzene rings is 1. The molecule has 3 rings (SSSR count). The largest absolute Gasteiger partial charge is 0.463 e. The molecule has 0 aromatic heterocycles. The summed E-state index contributed by atoms with van der Waals surface area (Å²) in [5, 5.41) is 58.1. The van der Waals surface area contributed by atoms with Crippen LogP contribution >= 0.6 is 0 Å². The zero-order valence-corrected chi connectivity index (χ0v) is 75.1. The smallest absolute Gasteiger partial charge is 0.410 e. The van der Waals surface area contributed by atoms with Gasteiger partial charge in [0, 0.05) is 58.7 Å². The third-order valence-electron chi connectivity index (χ3n) is 17.9. The molecule has 2 fully saturated rings. The third kappa shape index (κ3) is 42.2. The van der Waals surface area contributed by atoms with Gasteiger partial charge in [-0.2, -0.15) is 0 Å². The van der Waals surface area contributed by atoms with Crippen molar-refractivity contribution in [3.63, 3.8) is 0 Å². The van der Waals surface area contributed by atoms with Gasteiger partial charge in [0.2, 0.25) is 65.0 Å². The van der Waals surface area contributed by atoms with Gasteiger partial charge in [-0.05, 0) is 181 Å². The van der Waals surface area contributed by atoms with E-state index in [9.17, 15) is 72.5 Å². The molecule has 41 nitrogen and oxygen atoms in total. The minimum Gasteiger partial charge on any atom is -0.463 e. The van der Waals surface area contributed by atoms with Crippen molar-refractivity contribution in [1.82, 2.24) is 84.2 Å². The number of hydrogen-bond acceptors (Lipinski definition) is 25. The van der Waals surface area contributed by atoms with E-state index in [2.05, 4.69) is 74.4 Å². The number of carbonyl (C=O) groups is 17. The van der Waals surface area contributed by atoms with Crippen molar-refractivity contribution >= 4 is 101 Å². The Morgan fingerprint density at radius 3 is 1.40 bits per heavy atom. The first-order valence-corrected chi connectivity index (χ1v) is 41.7. The average Bonchev–Trinajstić information content (AvgIpc) is 0.899. The van der Waals surface area contributed by atoms with E-state index in [1.165, 1.54) is 0 Å². The first kappa shape index (κ1) is 106. The Morgan fingerprint density at radius 2 is 0.943 bits per heavy atom. The van der Waals surface area contributed by atoms with Gasteiger partial charge in [-0.15, -0.1) is 0 Å². The molecule has 0 bridgehead atoms. The number of nitrogens with one attached hydrogen (secondary N) is 14. The van der Waals surface area contributed by atoms with E-state index < -0.39 is 292 Å². The number of ether oxygens (including phenoxy) is 6. The number of amides is 16. The Bertz CT molecular complexity index is 3760. The molecular formula is C82H136N16O25. The van der Waals surface area contributed by atoms with Crippen LogP contribution in [0.2, 0.25) is 0 Å². The Hall–Kier alpha value is -10.9. The van der Waals surface area contributed by atoms with Crippen molar-refractivity contribution in [2.24, 2.45) is 5.92 Å². The van der Waals surface area contributed by atoms with Crippen LogP contribution in [0.1, 0.15) is 215 Å². The van der Waals surface area contributed by atoms with E-state index in [0.29, 0.717) is 18.4 Å². The van der Waals surface area contributed by atoms with E-state index in [4.69, 9.17) is 28.4 Å². The molecule has 16 amide bonds. The SMILES string of the molecule is CCCC(C)OC(=O)CCC(=O)N1CCN(C(=O)OC(C)(C)C)CC1C(=O)N[C@H](C(=O)N[C@@H](CCNC(=O)OC(C)(C)C)C(=O)N[C@H]1CCNC(=O)[C@H](C(C)O)NC(=O)[C@H](CCNC(=O)OC(C)(C)C)NC(=O)[C@H](CCNC(=O)OC(C)(C)C)NC(=O)[C@H](CC(C)C)NC(=O)[C@@H](Cc2ccccc2)NC(=O)[C@H](CCNC(=O)OC(C)(C)C)NC1=O)C(C)O. The van der Waals surface area contributed by atoms with Crippen LogP contribution in [0.25, 0.3) is 0 Å². The van der Waals surface area contributed by atoms with Crippen LogP contribution in [-0.2, 0) is 92.4 Å². The van der Waals surface area contributed by atoms with Crippen molar-refractivity contribution in [2.45, 2.75) is 323 Å². The highest BCUT2D eigenvalue weighted by Gasteiger charge is 2.43. The number of rotatable bonds is 30. The summed E-state index contributed by atoms with van der Waals surface area (Å²) in [7, 11) is 0. The molecular weight excluding hydrogens is 1610 g/mol. The predicted molar refractivity (Wildman–Crippen MR) is 446 cm³/mol. The lowest BCUT2D eigenvalue weighted by Gasteiger charge is -2.41. The Balaban J connectivity index is 2.40. The maximum Gasteiger partial charge on any atom is 0.410 e. The van der Waals surface area contributed by atoms with Crippen molar-refractivity contribution in [2.75, 3.05) is 52.4 Å². The fourth-order valence-electron chi connectivity index (χ4n) is 12.2. The zero-order valence-electron chi connectivity index (χ0n) is 75.1. The van der Waals surface area contributed by atoms with E-state index in [0.717, 1.165) is 23.6 Å². The van der Waals surface area contributed by atoms with E-state index in [1.54, 1.807) is 155 Å². The molecule has 2 aliphatic heterocycles. The lowest BCUT2D eigenvalue weighted by atomic mass is 10.00. The fraction of sp³-hybridized carbons (Fsp3) is 0.720. The van der Waals surface area contributed by atoms with Crippen molar-refractivity contribution in [1.29, 1.82) is 0 Å². The molecule has 41 heteroatoms. The summed E-state index contributed by atoms with van der Waals surface area (Å²) < 4.78 is 32.6. The maximum atomic E-state index is 15.5. The second kappa shape index (κ2) is 49.4. The predicted octanol–water partition coefficient (Wildman–Crippen LogP) is 1.54. The van der Waals surface area contributed by atoms with E-state index >= 15 is 19.2 Å². The minimum absolute atomic E-state index is 0.134. The van der Waals surface area contributed by atoms with E-state index in [-0.39, 0.29) is 32.5 Å². The number of aliphatic hydroxyl groups is 2. The number of esters is 1. The number of aliphatic hydroxyl groups excluding tert-OH is 2. The molecule has 2 saturated heterocycles. The van der Waals surface area contributed by atoms with Gasteiger partial charge in [-0.25, -0.2) is 24.0 Å².